The van der Waals surface area contributed by atoms with Gasteiger partial charge in [-0.2, -0.15) is 0 Å². The molecule has 43 heavy (non-hydrogen) atoms. The Balaban J connectivity index is 1.48. The summed E-state index contributed by atoms with van der Waals surface area (Å²) in [6, 6.07) is 14.9. The number of aromatic nitrogens is 1. The molecular weight excluding hydrogens is 588 g/mol. The fourth-order valence-electron chi connectivity index (χ4n) is 5.57. The predicted molar refractivity (Wildman–Crippen MR) is 168 cm³/mol. The lowest BCUT2D eigenvalue weighted by atomic mass is 9.94. The Hall–Kier alpha value is -4.08. The van der Waals surface area contributed by atoms with Gasteiger partial charge in [-0.15, -0.1) is 0 Å². The molecule has 0 radical (unpaired) electrons. The third kappa shape index (κ3) is 5.43. The molecule has 1 fully saturated rings. The van der Waals surface area contributed by atoms with E-state index in [4.69, 9.17) is 25.8 Å². The van der Waals surface area contributed by atoms with Gasteiger partial charge >= 0.3 is 5.91 Å². The molecule has 1 saturated heterocycles. The third-order valence-electron chi connectivity index (χ3n) is 7.67. The van der Waals surface area contributed by atoms with Gasteiger partial charge < -0.3 is 19.3 Å². The molecule has 1 N–H and O–H groups in total. The number of halogens is 1. The van der Waals surface area contributed by atoms with Crippen LogP contribution in [0.4, 0.5) is 5.13 Å². The van der Waals surface area contributed by atoms with E-state index in [1.807, 2.05) is 13.0 Å². The number of amides is 1. The summed E-state index contributed by atoms with van der Waals surface area (Å²) in [6.45, 7) is 4.64. The molecule has 0 saturated carbocycles. The van der Waals surface area contributed by atoms with E-state index in [0.717, 1.165) is 35.3 Å². The average Bonchev–Trinajstić information content (AvgIpc) is 3.66. The van der Waals surface area contributed by atoms with E-state index in [1.54, 1.807) is 55.6 Å². The molecule has 2 aliphatic heterocycles. The van der Waals surface area contributed by atoms with Crippen molar-refractivity contribution in [1.82, 2.24) is 4.98 Å². The van der Waals surface area contributed by atoms with Crippen molar-refractivity contribution in [1.29, 1.82) is 0 Å². The second-order valence-corrected chi connectivity index (χ2v) is 12.1. The largest absolute Gasteiger partial charge is 0.507 e. The minimum Gasteiger partial charge on any atom is -0.507 e. The number of ether oxygens (including phenoxy) is 3. The lowest BCUT2D eigenvalue weighted by molar-refractivity contribution is -0.132. The molecule has 10 heteroatoms. The number of thiazole rings is 1. The number of hydrogen-bond donors (Lipinski definition) is 1. The number of anilines is 1. The van der Waals surface area contributed by atoms with Crippen molar-refractivity contribution >= 4 is 55.7 Å². The van der Waals surface area contributed by atoms with Gasteiger partial charge in [-0.05, 0) is 73.0 Å². The van der Waals surface area contributed by atoms with Crippen molar-refractivity contribution in [3.63, 3.8) is 0 Å². The van der Waals surface area contributed by atoms with Crippen LogP contribution < -0.4 is 19.1 Å². The lowest BCUT2D eigenvalue weighted by Crippen LogP contribution is -2.29. The van der Waals surface area contributed by atoms with Crippen molar-refractivity contribution in [3.8, 4) is 17.2 Å². The topological polar surface area (TPSA) is 98.2 Å². The Morgan fingerprint density at radius 1 is 1.12 bits per heavy atom. The first-order valence-electron chi connectivity index (χ1n) is 14.3. The van der Waals surface area contributed by atoms with Crippen LogP contribution in [-0.4, -0.2) is 41.6 Å². The number of carbonyl (C=O) groups is 2. The number of fused-ring (bicyclic) bond motifs is 2. The number of methoxy groups -OCH3 is 1. The van der Waals surface area contributed by atoms with Crippen LogP contribution in [0.25, 0.3) is 16.0 Å². The number of benzene rings is 3. The van der Waals surface area contributed by atoms with Crippen LogP contribution in [-0.2, 0) is 16.0 Å². The Labute approximate surface area is 258 Å². The number of ketones is 1. The first-order chi connectivity index (χ1) is 20.8. The highest BCUT2D eigenvalue weighted by Gasteiger charge is 2.48. The Bertz CT molecular complexity index is 1770. The van der Waals surface area contributed by atoms with E-state index in [9.17, 15) is 14.7 Å². The molecule has 1 amide bonds. The summed E-state index contributed by atoms with van der Waals surface area (Å²) >= 11 is 7.47. The Morgan fingerprint density at radius 3 is 2.74 bits per heavy atom. The highest BCUT2D eigenvalue weighted by molar-refractivity contribution is 7.22. The smallest absolute Gasteiger partial charge is 0.301 e. The molecule has 4 aromatic rings. The highest BCUT2D eigenvalue weighted by Crippen LogP contribution is 2.46. The van der Waals surface area contributed by atoms with Crippen LogP contribution in [0.5, 0.6) is 17.2 Å². The van der Waals surface area contributed by atoms with Gasteiger partial charge in [0.2, 0.25) is 0 Å². The molecule has 0 aliphatic carbocycles. The highest BCUT2D eigenvalue weighted by atomic mass is 35.5. The van der Waals surface area contributed by atoms with E-state index in [2.05, 4.69) is 11.9 Å². The number of rotatable bonds is 9. The molecular formula is C33H31ClN2O6S. The summed E-state index contributed by atoms with van der Waals surface area (Å²) in [5, 5.41) is 12.5. The summed E-state index contributed by atoms with van der Waals surface area (Å²) in [5.41, 5.74) is 2.53. The molecule has 8 nitrogen and oxygen atoms in total. The standard InChI is InChI=1S/C33H31ClN2O6S/c1-4-5-6-13-41-25-12-7-19(16-26(25)40-3)29-28(30(37)20-8-11-24-21(15-20)14-18(2)42-24)31(38)32(39)36(29)33-35-23-10-9-22(34)17-27(23)43-33/h7-12,15-18,29,37H,4-6,13-14H2,1-3H3/t18-,29-/m0/s1. The van der Waals surface area contributed by atoms with E-state index in [0.29, 0.717) is 51.3 Å². The molecule has 222 valence electrons. The first kappa shape index (κ1) is 29.0. The maximum Gasteiger partial charge on any atom is 0.301 e. The van der Waals surface area contributed by atoms with Gasteiger partial charge in [0.15, 0.2) is 16.6 Å². The van der Waals surface area contributed by atoms with Crippen LogP contribution in [0.3, 0.4) is 0 Å². The number of aliphatic hydroxyl groups is 1. The summed E-state index contributed by atoms with van der Waals surface area (Å²) in [4.78, 5) is 33.5. The predicted octanol–water partition coefficient (Wildman–Crippen LogP) is 7.48. The fraction of sp³-hybridized carbons (Fsp3) is 0.303. The number of carbonyl (C=O) groups excluding carboxylic acids is 2. The quantitative estimate of drug-likeness (QED) is 0.0899. The number of unbranched alkanes of at least 4 members (excludes halogenated alkanes) is 2. The second-order valence-electron chi connectivity index (χ2n) is 10.7. The molecule has 0 unspecified atom stereocenters. The van der Waals surface area contributed by atoms with Crippen molar-refractivity contribution in [2.24, 2.45) is 0 Å². The van der Waals surface area contributed by atoms with Crippen molar-refractivity contribution in [2.75, 3.05) is 18.6 Å². The number of nitrogens with zero attached hydrogens (tertiary/aromatic N) is 2. The third-order valence-corrected chi connectivity index (χ3v) is 8.92. The molecule has 2 aliphatic rings. The SMILES string of the molecule is CCCCCOc1ccc([C@H]2C(=C(O)c3ccc4c(c3)C[C@H](C)O4)C(=O)C(=O)N2c2nc3ccc(Cl)cc3s2)cc1OC. The van der Waals surface area contributed by atoms with Gasteiger partial charge in [-0.1, -0.05) is 48.8 Å². The Morgan fingerprint density at radius 2 is 1.95 bits per heavy atom. The molecule has 2 atom stereocenters. The summed E-state index contributed by atoms with van der Waals surface area (Å²) < 4.78 is 18.2. The normalized spacial score (nSPS) is 19.1. The van der Waals surface area contributed by atoms with Gasteiger partial charge in [-0.3, -0.25) is 14.5 Å². The minimum atomic E-state index is -0.970. The van der Waals surface area contributed by atoms with Crippen molar-refractivity contribution in [3.05, 3.63) is 81.9 Å². The van der Waals surface area contributed by atoms with Crippen molar-refractivity contribution in [2.45, 2.75) is 51.7 Å². The Kier molecular flexibility index (Phi) is 8.03. The van der Waals surface area contributed by atoms with Crippen molar-refractivity contribution < 1.29 is 28.9 Å². The zero-order valence-electron chi connectivity index (χ0n) is 24.1. The second kappa shape index (κ2) is 11.9. The van der Waals surface area contributed by atoms with Crippen LogP contribution in [0, 0.1) is 0 Å². The van der Waals surface area contributed by atoms with E-state index < -0.39 is 17.7 Å². The summed E-state index contributed by atoms with van der Waals surface area (Å²) in [6.07, 6.45) is 3.73. The van der Waals surface area contributed by atoms with E-state index in [-0.39, 0.29) is 17.4 Å². The maximum absolute atomic E-state index is 13.7. The van der Waals surface area contributed by atoms with Crippen LogP contribution >= 0.6 is 22.9 Å². The van der Waals surface area contributed by atoms with Crippen LogP contribution in [0.15, 0.2) is 60.2 Å². The number of hydrogen-bond acceptors (Lipinski definition) is 8. The number of Topliss-reactive ketones (excluding diaryl/α,β-unsaturated/α-hetero) is 1. The van der Waals surface area contributed by atoms with Gasteiger partial charge in [-0.25, -0.2) is 4.98 Å². The van der Waals surface area contributed by atoms with Gasteiger partial charge in [0.25, 0.3) is 5.78 Å². The molecule has 3 aromatic carbocycles. The zero-order chi connectivity index (χ0) is 30.2. The summed E-state index contributed by atoms with van der Waals surface area (Å²) in [7, 11) is 1.54. The van der Waals surface area contributed by atoms with E-state index >= 15 is 0 Å². The van der Waals surface area contributed by atoms with Gasteiger partial charge in [0, 0.05) is 17.0 Å². The fourth-order valence-corrected chi connectivity index (χ4v) is 6.84. The molecule has 0 bridgehead atoms. The molecule has 3 heterocycles. The minimum absolute atomic E-state index is 0.0145. The molecule has 6 rings (SSSR count). The molecule has 1 aromatic heterocycles. The van der Waals surface area contributed by atoms with Crippen LogP contribution in [0.2, 0.25) is 5.02 Å². The van der Waals surface area contributed by atoms with Gasteiger partial charge in [0.1, 0.15) is 17.6 Å². The lowest BCUT2D eigenvalue weighted by Gasteiger charge is -2.24. The average molecular weight is 619 g/mol. The van der Waals surface area contributed by atoms with Gasteiger partial charge in [0.05, 0.1) is 35.5 Å². The maximum atomic E-state index is 13.7. The summed E-state index contributed by atoms with van der Waals surface area (Å²) in [5.74, 6) is -0.0943. The monoisotopic (exact) mass is 618 g/mol. The van der Waals surface area contributed by atoms with Crippen LogP contribution in [0.1, 0.15) is 55.8 Å². The molecule has 0 spiro atoms. The van der Waals surface area contributed by atoms with E-state index in [1.165, 1.54) is 16.2 Å². The number of aliphatic hydroxyl groups excluding tert-OH is 1. The first-order valence-corrected chi connectivity index (χ1v) is 15.5. The zero-order valence-corrected chi connectivity index (χ0v) is 25.6.